The van der Waals surface area contributed by atoms with Crippen molar-refractivity contribution >= 4 is 22.6 Å². The summed E-state index contributed by atoms with van der Waals surface area (Å²) in [6.45, 7) is 6.04. The quantitative estimate of drug-likeness (QED) is 0.864. The van der Waals surface area contributed by atoms with E-state index in [0.29, 0.717) is 17.9 Å². The lowest BCUT2D eigenvalue weighted by molar-refractivity contribution is -0.116. The van der Waals surface area contributed by atoms with E-state index in [1.54, 1.807) is 0 Å². The summed E-state index contributed by atoms with van der Waals surface area (Å²) < 4.78 is 5.25. The molecule has 0 unspecified atom stereocenters. The fourth-order valence-corrected chi connectivity index (χ4v) is 3.50. The first kappa shape index (κ1) is 17.7. The number of piperidine rings is 1. The number of anilines is 1. The average Bonchev–Trinajstić information content (AvgIpc) is 2.55. The molecular formula is C20H26N2O3. The van der Waals surface area contributed by atoms with E-state index < -0.39 is 0 Å². The van der Waals surface area contributed by atoms with Crippen LogP contribution in [-0.2, 0) is 4.79 Å². The summed E-state index contributed by atoms with van der Waals surface area (Å²) >= 11 is 0. The van der Waals surface area contributed by atoms with Crippen LogP contribution in [0, 0.1) is 19.8 Å². The molecule has 5 heteroatoms. The fourth-order valence-electron chi connectivity index (χ4n) is 3.50. The Morgan fingerprint density at radius 3 is 2.64 bits per heavy atom. The number of hydrogen-bond acceptors (Lipinski definition) is 4. The summed E-state index contributed by atoms with van der Waals surface area (Å²) in [5.74, 6) is 0.701. The highest BCUT2D eigenvalue weighted by Crippen LogP contribution is 2.26. The second-order valence-electron chi connectivity index (χ2n) is 7.25. The lowest BCUT2D eigenvalue weighted by atomic mass is 9.92. The lowest BCUT2D eigenvalue weighted by Gasteiger charge is -2.28. The Kier molecular flexibility index (Phi) is 5.23. The summed E-state index contributed by atoms with van der Waals surface area (Å²) in [5, 5.41) is 3.88. The number of carbonyl (C=O) groups excluding carboxylic acids is 1. The number of nitrogens with zero attached hydrogens (tertiary/aromatic N) is 1. The van der Waals surface area contributed by atoms with Crippen molar-refractivity contribution in [3.05, 3.63) is 39.7 Å². The van der Waals surface area contributed by atoms with Gasteiger partial charge >= 0.3 is 5.63 Å². The summed E-state index contributed by atoms with van der Waals surface area (Å²) in [4.78, 5) is 26.2. The van der Waals surface area contributed by atoms with E-state index in [4.69, 9.17) is 4.42 Å². The maximum Gasteiger partial charge on any atom is 0.336 e. The number of fused-ring (bicyclic) bond motifs is 1. The highest BCUT2D eigenvalue weighted by Gasteiger charge is 2.18. The van der Waals surface area contributed by atoms with E-state index in [0.717, 1.165) is 41.7 Å². The van der Waals surface area contributed by atoms with Crippen LogP contribution in [0.2, 0.25) is 0 Å². The van der Waals surface area contributed by atoms with E-state index in [-0.39, 0.29) is 11.5 Å². The van der Waals surface area contributed by atoms with Gasteiger partial charge in [0.1, 0.15) is 5.58 Å². The molecule has 2 heterocycles. The second kappa shape index (κ2) is 7.40. The van der Waals surface area contributed by atoms with Crippen molar-refractivity contribution in [1.82, 2.24) is 4.90 Å². The third kappa shape index (κ3) is 4.28. The van der Waals surface area contributed by atoms with Gasteiger partial charge in [0.25, 0.3) is 0 Å². The van der Waals surface area contributed by atoms with Crippen LogP contribution in [0.15, 0.2) is 27.4 Å². The highest BCUT2D eigenvalue weighted by molar-refractivity contribution is 5.95. The van der Waals surface area contributed by atoms with Crippen LogP contribution in [0.5, 0.6) is 0 Å². The number of nitrogens with one attached hydrogen (secondary N) is 1. The maximum atomic E-state index is 12.4. The Morgan fingerprint density at radius 1 is 1.20 bits per heavy atom. The summed E-state index contributed by atoms with van der Waals surface area (Å²) in [7, 11) is 2.15. The van der Waals surface area contributed by atoms with E-state index in [9.17, 15) is 9.59 Å². The third-order valence-corrected chi connectivity index (χ3v) is 5.19. The van der Waals surface area contributed by atoms with E-state index >= 15 is 0 Å². The highest BCUT2D eigenvalue weighted by atomic mass is 16.4. The molecule has 5 nitrogen and oxygen atoms in total. The Hall–Kier alpha value is -2.14. The van der Waals surface area contributed by atoms with Crippen LogP contribution >= 0.6 is 0 Å². The SMILES string of the molecule is Cc1cc2oc(=O)cc(C)c2cc1NC(=O)CCC1CCN(C)CC1. The smallest absolute Gasteiger partial charge is 0.336 e. The zero-order valence-corrected chi connectivity index (χ0v) is 15.2. The van der Waals surface area contributed by atoms with Gasteiger partial charge in [-0.15, -0.1) is 0 Å². The minimum Gasteiger partial charge on any atom is -0.423 e. The van der Waals surface area contributed by atoms with E-state index in [2.05, 4.69) is 17.3 Å². The largest absolute Gasteiger partial charge is 0.423 e. The van der Waals surface area contributed by atoms with Crippen molar-refractivity contribution in [3.63, 3.8) is 0 Å². The molecule has 3 rings (SSSR count). The summed E-state index contributed by atoms with van der Waals surface area (Å²) in [6.07, 6.45) is 3.85. The van der Waals surface area contributed by atoms with Crippen LogP contribution in [0.4, 0.5) is 5.69 Å². The number of benzene rings is 1. The van der Waals surface area contributed by atoms with Crippen LogP contribution in [0.1, 0.15) is 36.8 Å². The molecule has 0 radical (unpaired) electrons. The van der Waals surface area contributed by atoms with Gasteiger partial charge in [0, 0.05) is 23.6 Å². The van der Waals surface area contributed by atoms with Crippen molar-refractivity contribution in [3.8, 4) is 0 Å². The number of amides is 1. The fraction of sp³-hybridized carbons (Fsp3) is 0.500. The summed E-state index contributed by atoms with van der Waals surface area (Å²) in [5.41, 5.74) is 2.76. The molecule has 0 saturated carbocycles. The molecule has 1 N–H and O–H groups in total. The van der Waals surface area contributed by atoms with Gasteiger partial charge in [-0.25, -0.2) is 4.79 Å². The normalized spacial score (nSPS) is 16.3. The first-order valence-electron chi connectivity index (χ1n) is 8.96. The minimum atomic E-state index is -0.348. The molecule has 134 valence electrons. The molecular weight excluding hydrogens is 316 g/mol. The molecule has 25 heavy (non-hydrogen) atoms. The van der Waals surface area contributed by atoms with Gasteiger partial charge in [0.05, 0.1) is 0 Å². The standard InChI is InChI=1S/C20H26N2O3/c1-13-11-20(24)25-18-10-14(2)17(12-16(13)18)21-19(23)5-4-15-6-8-22(3)9-7-15/h10-12,15H,4-9H2,1-3H3,(H,21,23). The molecule has 0 atom stereocenters. The predicted octanol–water partition coefficient (Wildman–Crippen LogP) is 3.47. The van der Waals surface area contributed by atoms with Gasteiger partial charge < -0.3 is 14.6 Å². The molecule has 1 aliphatic rings. The molecule has 1 aromatic heterocycles. The van der Waals surface area contributed by atoms with Crippen LogP contribution < -0.4 is 10.9 Å². The van der Waals surface area contributed by atoms with Gasteiger partial charge in [-0.05, 0) is 82.4 Å². The predicted molar refractivity (Wildman–Crippen MR) is 100 cm³/mol. The van der Waals surface area contributed by atoms with Crippen molar-refractivity contribution in [2.24, 2.45) is 5.92 Å². The topological polar surface area (TPSA) is 62.6 Å². The van der Waals surface area contributed by atoms with Crippen LogP contribution in [0.3, 0.4) is 0 Å². The van der Waals surface area contributed by atoms with Gasteiger partial charge in [-0.3, -0.25) is 4.79 Å². The average molecular weight is 342 g/mol. The number of aryl methyl sites for hydroxylation is 2. The van der Waals surface area contributed by atoms with Crippen LogP contribution in [0.25, 0.3) is 11.0 Å². The van der Waals surface area contributed by atoms with Crippen molar-refractivity contribution in [2.75, 3.05) is 25.5 Å². The van der Waals surface area contributed by atoms with Crippen molar-refractivity contribution in [2.45, 2.75) is 39.5 Å². The maximum absolute atomic E-state index is 12.4. The zero-order chi connectivity index (χ0) is 18.0. The Bertz CT molecular complexity index is 833. The molecule has 1 amide bonds. The molecule has 0 spiro atoms. The van der Waals surface area contributed by atoms with Gasteiger partial charge in [0.2, 0.25) is 5.91 Å². The number of likely N-dealkylation sites (tertiary alicyclic amines) is 1. The number of hydrogen-bond donors (Lipinski definition) is 1. The minimum absolute atomic E-state index is 0.0522. The van der Waals surface area contributed by atoms with Gasteiger partial charge in [0.15, 0.2) is 0 Å². The van der Waals surface area contributed by atoms with Gasteiger partial charge in [-0.1, -0.05) is 0 Å². The lowest BCUT2D eigenvalue weighted by Crippen LogP contribution is -2.30. The number of carbonyl (C=O) groups is 1. The molecule has 2 aromatic rings. The molecule has 0 bridgehead atoms. The first-order valence-corrected chi connectivity index (χ1v) is 8.96. The Morgan fingerprint density at radius 2 is 1.92 bits per heavy atom. The molecule has 1 aliphatic heterocycles. The Labute approximate surface area is 148 Å². The molecule has 0 aliphatic carbocycles. The third-order valence-electron chi connectivity index (χ3n) is 5.19. The molecule has 1 aromatic carbocycles. The molecule has 1 fully saturated rings. The molecule has 1 saturated heterocycles. The second-order valence-corrected chi connectivity index (χ2v) is 7.25. The summed E-state index contributed by atoms with van der Waals surface area (Å²) in [6, 6.07) is 5.19. The van der Waals surface area contributed by atoms with E-state index in [1.807, 2.05) is 26.0 Å². The number of rotatable bonds is 4. The van der Waals surface area contributed by atoms with E-state index in [1.165, 1.54) is 18.9 Å². The van der Waals surface area contributed by atoms with Crippen molar-refractivity contribution in [1.29, 1.82) is 0 Å². The first-order chi connectivity index (χ1) is 11.9. The Balaban J connectivity index is 1.66. The van der Waals surface area contributed by atoms with Crippen molar-refractivity contribution < 1.29 is 9.21 Å². The monoisotopic (exact) mass is 342 g/mol. The van der Waals surface area contributed by atoms with Gasteiger partial charge in [-0.2, -0.15) is 0 Å². The van der Waals surface area contributed by atoms with Crippen LogP contribution in [-0.4, -0.2) is 30.9 Å². The zero-order valence-electron chi connectivity index (χ0n) is 15.2.